The second-order valence-corrected chi connectivity index (χ2v) is 6.57. The van der Waals surface area contributed by atoms with Gasteiger partial charge in [-0.25, -0.2) is 4.98 Å². The zero-order valence-corrected chi connectivity index (χ0v) is 13.8. The van der Waals surface area contributed by atoms with Crippen LogP contribution in [0.1, 0.15) is 38.6 Å². The van der Waals surface area contributed by atoms with Crippen LogP contribution in [0.25, 0.3) is 10.2 Å². The van der Waals surface area contributed by atoms with E-state index in [2.05, 4.69) is 42.8 Å². The summed E-state index contributed by atoms with van der Waals surface area (Å²) in [6.07, 6.45) is 2.43. The fraction of sp³-hybridized carbons (Fsp3) is 0.562. The third kappa shape index (κ3) is 3.06. The molecule has 1 aromatic heterocycles. The van der Waals surface area contributed by atoms with E-state index in [4.69, 9.17) is 5.73 Å². The lowest BCUT2D eigenvalue weighted by Gasteiger charge is -2.28. The molecule has 0 aliphatic rings. The van der Waals surface area contributed by atoms with E-state index in [9.17, 15) is 0 Å². The number of aromatic nitrogens is 1. The first-order valence-electron chi connectivity index (χ1n) is 7.50. The topological polar surface area (TPSA) is 42.2 Å². The SMILES string of the molecule is CCC(CC)CN(CC)c1cc2nc(C)sc2cc1N. The van der Waals surface area contributed by atoms with Gasteiger partial charge >= 0.3 is 0 Å². The predicted molar refractivity (Wildman–Crippen MR) is 90.7 cm³/mol. The first-order valence-corrected chi connectivity index (χ1v) is 8.32. The van der Waals surface area contributed by atoms with E-state index in [0.29, 0.717) is 0 Å². The highest BCUT2D eigenvalue weighted by Crippen LogP contribution is 2.32. The maximum atomic E-state index is 6.27. The van der Waals surface area contributed by atoms with E-state index in [-0.39, 0.29) is 0 Å². The maximum absolute atomic E-state index is 6.27. The molecule has 1 aromatic carbocycles. The Kier molecular flexibility index (Phi) is 4.86. The van der Waals surface area contributed by atoms with Crippen LogP contribution >= 0.6 is 11.3 Å². The van der Waals surface area contributed by atoms with Crippen LogP contribution in [-0.4, -0.2) is 18.1 Å². The van der Waals surface area contributed by atoms with Crippen LogP contribution in [0.15, 0.2) is 12.1 Å². The molecule has 0 aliphatic heterocycles. The average Bonchev–Trinajstić information content (AvgIpc) is 2.79. The quantitative estimate of drug-likeness (QED) is 0.800. The molecule has 2 aromatic rings. The van der Waals surface area contributed by atoms with Crippen molar-refractivity contribution in [2.75, 3.05) is 23.7 Å². The van der Waals surface area contributed by atoms with E-state index in [1.807, 2.05) is 6.92 Å². The largest absolute Gasteiger partial charge is 0.397 e. The first-order chi connectivity index (χ1) is 9.58. The van der Waals surface area contributed by atoms with Gasteiger partial charge < -0.3 is 10.6 Å². The van der Waals surface area contributed by atoms with Crippen molar-refractivity contribution in [2.45, 2.75) is 40.5 Å². The van der Waals surface area contributed by atoms with Gasteiger partial charge in [-0.3, -0.25) is 0 Å². The number of nitrogen functional groups attached to an aromatic ring is 1. The Morgan fingerprint density at radius 1 is 1.25 bits per heavy atom. The Morgan fingerprint density at radius 2 is 1.95 bits per heavy atom. The molecular weight excluding hydrogens is 266 g/mol. The molecule has 2 rings (SSSR count). The number of hydrogen-bond donors (Lipinski definition) is 1. The van der Waals surface area contributed by atoms with E-state index in [1.54, 1.807) is 11.3 Å². The molecule has 2 N–H and O–H groups in total. The Balaban J connectivity index is 2.35. The molecule has 0 saturated heterocycles. The van der Waals surface area contributed by atoms with Crippen LogP contribution in [0.3, 0.4) is 0 Å². The molecule has 0 saturated carbocycles. The number of rotatable bonds is 6. The number of benzene rings is 1. The zero-order chi connectivity index (χ0) is 14.7. The lowest BCUT2D eigenvalue weighted by atomic mass is 10.0. The highest BCUT2D eigenvalue weighted by atomic mass is 32.1. The fourth-order valence-corrected chi connectivity index (χ4v) is 3.48. The van der Waals surface area contributed by atoms with Crippen molar-refractivity contribution >= 4 is 32.9 Å². The normalized spacial score (nSPS) is 11.4. The molecular formula is C16H25N3S. The molecule has 4 heteroatoms. The minimum absolute atomic E-state index is 0.724. The van der Waals surface area contributed by atoms with Gasteiger partial charge in [0.25, 0.3) is 0 Å². The molecule has 0 bridgehead atoms. The van der Waals surface area contributed by atoms with Crippen LogP contribution in [-0.2, 0) is 0 Å². The van der Waals surface area contributed by atoms with Gasteiger partial charge in [-0.2, -0.15) is 0 Å². The number of aryl methyl sites for hydroxylation is 1. The van der Waals surface area contributed by atoms with Crippen molar-refractivity contribution in [3.63, 3.8) is 0 Å². The standard InChI is InChI=1S/C16H25N3S/c1-5-12(6-2)10-19(7-3)15-9-14-16(8-13(15)17)20-11(4)18-14/h8-9,12H,5-7,10,17H2,1-4H3. The predicted octanol–water partition coefficient (Wildman–Crippen LogP) is 4.45. The van der Waals surface area contributed by atoms with E-state index in [1.165, 1.54) is 17.5 Å². The molecule has 110 valence electrons. The summed E-state index contributed by atoms with van der Waals surface area (Å²) in [4.78, 5) is 6.98. The first kappa shape index (κ1) is 15.1. The van der Waals surface area contributed by atoms with Crippen LogP contribution in [0.5, 0.6) is 0 Å². The van der Waals surface area contributed by atoms with Gasteiger partial charge in [-0.05, 0) is 31.9 Å². The van der Waals surface area contributed by atoms with Gasteiger partial charge in [0, 0.05) is 13.1 Å². The lowest BCUT2D eigenvalue weighted by molar-refractivity contribution is 0.486. The number of nitrogens with zero attached hydrogens (tertiary/aromatic N) is 2. The summed E-state index contributed by atoms with van der Waals surface area (Å²) in [6.45, 7) is 10.8. The molecule has 0 amide bonds. The number of hydrogen-bond acceptors (Lipinski definition) is 4. The van der Waals surface area contributed by atoms with Crippen molar-refractivity contribution in [2.24, 2.45) is 5.92 Å². The van der Waals surface area contributed by atoms with Crippen molar-refractivity contribution in [1.29, 1.82) is 0 Å². The average molecular weight is 291 g/mol. The van der Waals surface area contributed by atoms with Crippen LogP contribution < -0.4 is 10.6 Å². The number of fused-ring (bicyclic) bond motifs is 1. The summed E-state index contributed by atoms with van der Waals surface area (Å²) in [5, 5.41) is 1.10. The molecule has 0 spiro atoms. The minimum Gasteiger partial charge on any atom is -0.397 e. The molecule has 20 heavy (non-hydrogen) atoms. The van der Waals surface area contributed by atoms with Gasteiger partial charge in [-0.15, -0.1) is 11.3 Å². The minimum atomic E-state index is 0.724. The van der Waals surface area contributed by atoms with Gasteiger partial charge in [0.1, 0.15) is 0 Å². The Labute approximate surface area is 125 Å². The van der Waals surface area contributed by atoms with Crippen molar-refractivity contribution < 1.29 is 0 Å². The Morgan fingerprint density at radius 3 is 2.55 bits per heavy atom. The number of nitrogens with two attached hydrogens (primary N) is 1. The molecule has 3 nitrogen and oxygen atoms in total. The van der Waals surface area contributed by atoms with Gasteiger partial charge in [0.05, 0.1) is 26.6 Å². The van der Waals surface area contributed by atoms with Crippen molar-refractivity contribution in [3.05, 3.63) is 17.1 Å². The third-order valence-electron chi connectivity index (χ3n) is 4.00. The lowest BCUT2D eigenvalue weighted by Crippen LogP contribution is -2.29. The monoisotopic (exact) mass is 291 g/mol. The van der Waals surface area contributed by atoms with Crippen LogP contribution in [0.2, 0.25) is 0 Å². The highest BCUT2D eigenvalue weighted by Gasteiger charge is 2.15. The second-order valence-electron chi connectivity index (χ2n) is 5.33. The molecule has 0 unspecified atom stereocenters. The number of anilines is 2. The Bertz CT molecular complexity index is 572. The van der Waals surface area contributed by atoms with E-state index >= 15 is 0 Å². The van der Waals surface area contributed by atoms with Crippen LogP contribution in [0, 0.1) is 12.8 Å². The van der Waals surface area contributed by atoms with Gasteiger partial charge in [-0.1, -0.05) is 26.7 Å². The Hall–Kier alpha value is -1.29. The summed E-state index contributed by atoms with van der Waals surface area (Å²) in [7, 11) is 0. The summed E-state index contributed by atoms with van der Waals surface area (Å²) in [6, 6.07) is 4.23. The van der Waals surface area contributed by atoms with Crippen molar-refractivity contribution in [3.8, 4) is 0 Å². The summed E-state index contributed by atoms with van der Waals surface area (Å²) in [5.74, 6) is 0.724. The van der Waals surface area contributed by atoms with Crippen molar-refractivity contribution in [1.82, 2.24) is 4.98 Å². The van der Waals surface area contributed by atoms with Crippen LogP contribution in [0.4, 0.5) is 11.4 Å². The van der Waals surface area contributed by atoms with E-state index in [0.717, 1.165) is 40.9 Å². The molecule has 1 heterocycles. The van der Waals surface area contributed by atoms with Gasteiger partial charge in [0.2, 0.25) is 0 Å². The third-order valence-corrected chi connectivity index (χ3v) is 4.93. The maximum Gasteiger partial charge on any atom is 0.0907 e. The molecule has 0 fully saturated rings. The summed E-state index contributed by atoms with van der Waals surface area (Å²) in [5.41, 5.74) is 9.34. The second kappa shape index (κ2) is 6.44. The van der Waals surface area contributed by atoms with E-state index < -0.39 is 0 Å². The highest BCUT2D eigenvalue weighted by molar-refractivity contribution is 7.18. The molecule has 0 atom stereocenters. The summed E-state index contributed by atoms with van der Waals surface area (Å²) >= 11 is 1.71. The smallest absolute Gasteiger partial charge is 0.0907 e. The number of thiazole rings is 1. The molecule has 0 radical (unpaired) electrons. The fourth-order valence-electron chi connectivity index (χ4n) is 2.62. The zero-order valence-electron chi connectivity index (χ0n) is 12.9. The summed E-state index contributed by atoms with van der Waals surface area (Å²) < 4.78 is 1.18. The molecule has 0 aliphatic carbocycles. The van der Waals surface area contributed by atoms with Gasteiger partial charge in [0.15, 0.2) is 0 Å².